The Labute approximate surface area is 124 Å². The molecule has 0 aliphatic carbocycles. The van der Waals surface area contributed by atoms with Gasteiger partial charge < -0.3 is 0 Å². The molecule has 0 aromatic carbocycles. The van der Waals surface area contributed by atoms with E-state index in [1.54, 1.807) is 29.9 Å². The van der Waals surface area contributed by atoms with Crippen molar-refractivity contribution in [2.75, 3.05) is 11.9 Å². The van der Waals surface area contributed by atoms with Gasteiger partial charge in [-0.3, -0.25) is 4.68 Å². The number of aryl methyl sites for hydroxylation is 2. The molecule has 1 heterocycles. The van der Waals surface area contributed by atoms with Crippen LogP contribution in [0.15, 0.2) is 4.90 Å². The average Bonchev–Trinajstić information content (AvgIpc) is 2.52. The first-order valence-corrected chi connectivity index (χ1v) is 8.87. The molecule has 0 radical (unpaired) electrons. The fourth-order valence-electron chi connectivity index (χ4n) is 2.12. The highest BCUT2D eigenvalue weighted by atomic mass is 79.9. The minimum absolute atomic E-state index is 0.0666. The summed E-state index contributed by atoms with van der Waals surface area (Å²) in [5, 5.41) is 4.99. The lowest BCUT2D eigenvalue weighted by Gasteiger charge is -2.25. The van der Waals surface area contributed by atoms with Crippen molar-refractivity contribution in [2.24, 2.45) is 7.05 Å². The Morgan fingerprint density at radius 1 is 1.37 bits per heavy atom. The second kappa shape index (κ2) is 6.37. The zero-order valence-corrected chi connectivity index (χ0v) is 14.5. The molecule has 0 saturated carbocycles. The van der Waals surface area contributed by atoms with Crippen molar-refractivity contribution < 1.29 is 8.42 Å². The molecule has 0 fully saturated rings. The van der Waals surface area contributed by atoms with E-state index < -0.39 is 10.0 Å². The van der Waals surface area contributed by atoms with Crippen LogP contribution in [0.5, 0.6) is 0 Å². The molecule has 0 N–H and O–H groups in total. The maximum Gasteiger partial charge on any atom is 0.246 e. The summed E-state index contributed by atoms with van der Waals surface area (Å²) >= 11 is 3.35. The number of rotatable bonds is 6. The summed E-state index contributed by atoms with van der Waals surface area (Å²) in [6.07, 6.45) is 0.787. The first kappa shape index (κ1) is 16.7. The number of nitrogens with zero attached hydrogens (tertiary/aromatic N) is 3. The van der Waals surface area contributed by atoms with Crippen molar-refractivity contribution in [1.29, 1.82) is 0 Å². The zero-order chi connectivity index (χ0) is 14.8. The van der Waals surface area contributed by atoms with Gasteiger partial charge in [0.25, 0.3) is 0 Å². The Hall–Kier alpha value is -0.400. The van der Waals surface area contributed by atoms with Crippen LogP contribution in [0.25, 0.3) is 0 Å². The summed E-state index contributed by atoms with van der Waals surface area (Å²) in [5.41, 5.74) is 1.24. The van der Waals surface area contributed by atoms with Gasteiger partial charge in [-0.1, -0.05) is 15.9 Å². The Morgan fingerprint density at radius 2 is 1.95 bits per heavy atom. The van der Waals surface area contributed by atoms with Gasteiger partial charge in [-0.2, -0.15) is 9.40 Å². The lowest BCUT2D eigenvalue weighted by Crippen LogP contribution is -2.38. The van der Waals surface area contributed by atoms with Crippen LogP contribution in [-0.2, 0) is 17.1 Å². The first-order chi connectivity index (χ1) is 8.73. The molecule has 0 aliphatic heterocycles. The molecule has 1 aromatic rings. The van der Waals surface area contributed by atoms with Crippen LogP contribution in [0.3, 0.4) is 0 Å². The van der Waals surface area contributed by atoms with Gasteiger partial charge in [0.1, 0.15) is 4.90 Å². The molecule has 0 spiro atoms. The van der Waals surface area contributed by atoms with Gasteiger partial charge in [-0.05, 0) is 34.1 Å². The fourth-order valence-corrected chi connectivity index (χ4v) is 4.45. The molecule has 0 bridgehead atoms. The lowest BCUT2D eigenvalue weighted by atomic mass is 10.4. The van der Waals surface area contributed by atoms with Crippen molar-refractivity contribution in [3.63, 3.8) is 0 Å². The highest BCUT2D eigenvalue weighted by Gasteiger charge is 2.31. The lowest BCUT2D eigenvalue weighted by molar-refractivity contribution is 0.355. The van der Waals surface area contributed by atoms with Gasteiger partial charge >= 0.3 is 0 Å². The molecule has 1 rings (SSSR count). The quantitative estimate of drug-likeness (QED) is 0.738. The number of hydrogen-bond acceptors (Lipinski definition) is 3. The predicted octanol–water partition coefficient (Wildman–Crippen LogP) is 2.22. The largest absolute Gasteiger partial charge is 0.271 e. The van der Waals surface area contributed by atoms with E-state index in [4.69, 9.17) is 0 Å². The van der Waals surface area contributed by atoms with E-state index in [1.165, 1.54) is 0 Å². The van der Waals surface area contributed by atoms with Crippen LogP contribution in [0.4, 0.5) is 0 Å². The summed E-state index contributed by atoms with van der Waals surface area (Å²) in [6, 6.07) is -0.0666. The summed E-state index contributed by atoms with van der Waals surface area (Å²) in [4.78, 5) is 0.346. The third-order valence-corrected chi connectivity index (χ3v) is 5.99. The van der Waals surface area contributed by atoms with Crippen LogP contribution >= 0.6 is 15.9 Å². The van der Waals surface area contributed by atoms with Crippen LogP contribution in [0.2, 0.25) is 0 Å². The Kier molecular flexibility index (Phi) is 5.58. The van der Waals surface area contributed by atoms with Gasteiger partial charge in [0, 0.05) is 25.0 Å². The van der Waals surface area contributed by atoms with E-state index in [9.17, 15) is 8.42 Å². The standard InChI is InChI=1S/C12H22BrN3O2S/c1-9(2)16(8-6-7-13)19(17,18)12-10(3)14-15(5)11(12)4/h9H,6-8H2,1-5H3. The van der Waals surface area contributed by atoms with Crippen LogP contribution in [0.1, 0.15) is 31.7 Å². The van der Waals surface area contributed by atoms with Crippen molar-refractivity contribution in [2.45, 2.75) is 45.1 Å². The number of alkyl halides is 1. The van der Waals surface area contributed by atoms with Crippen LogP contribution in [-0.4, -0.2) is 40.4 Å². The van der Waals surface area contributed by atoms with E-state index in [0.717, 1.165) is 11.8 Å². The van der Waals surface area contributed by atoms with Crippen LogP contribution < -0.4 is 0 Å². The molecule has 0 aliphatic rings. The SMILES string of the molecule is Cc1nn(C)c(C)c1S(=O)(=O)N(CCCBr)C(C)C. The van der Waals surface area contributed by atoms with Gasteiger partial charge in [0.15, 0.2) is 0 Å². The summed E-state index contributed by atoms with van der Waals surface area (Å²) < 4.78 is 28.7. The van der Waals surface area contributed by atoms with Gasteiger partial charge in [0.05, 0.1) is 11.4 Å². The molecule has 0 unspecified atom stereocenters. The number of hydrogen-bond donors (Lipinski definition) is 0. The molecule has 7 heteroatoms. The molecule has 1 aromatic heterocycles. The smallest absolute Gasteiger partial charge is 0.246 e. The minimum atomic E-state index is -3.48. The summed E-state index contributed by atoms with van der Waals surface area (Å²) in [6.45, 7) is 7.83. The molecule has 0 atom stereocenters. The van der Waals surface area contributed by atoms with E-state index in [2.05, 4.69) is 21.0 Å². The van der Waals surface area contributed by atoms with Crippen molar-refractivity contribution in [1.82, 2.24) is 14.1 Å². The second-order valence-corrected chi connectivity index (χ2v) is 7.50. The minimum Gasteiger partial charge on any atom is -0.271 e. The topological polar surface area (TPSA) is 55.2 Å². The second-order valence-electron chi connectivity index (χ2n) is 4.88. The van der Waals surface area contributed by atoms with Crippen molar-refractivity contribution in [3.8, 4) is 0 Å². The summed E-state index contributed by atoms with van der Waals surface area (Å²) in [5.74, 6) is 0. The Bertz CT molecular complexity index is 537. The Morgan fingerprint density at radius 3 is 2.32 bits per heavy atom. The highest BCUT2D eigenvalue weighted by molar-refractivity contribution is 9.09. The van der Waals surface area contributed by atoms with E-state index in [-0.39, 0.29) is 6.04 Å². The number of sulfonamides is 1. The molecular formula is C12H22BrN3O2S. The summed E-state index contributed by atoms with van der Waals surface area (Å²) in [7, 11) is -1.72. The molecule has 0 saturated heterocycles. The van der Waals surface area contributed by atoms with E-state index in [0.29, 0.717) is 22.8 Å². The monoisotopic (exact) mass is 351 g/mol. The van der Waals surface area contributed by atoms with Crippen molar-refractivity contribution in [3.05, 3.63) is 11.4 Å². The predicted molar refractivity (Wildman–Crippen MR) is 80.1 cm³/mol. The maximum absolute atomic E-state index is 12.8. The van der Waals surface area contributed by atoms with Gasteiger partial charge in [-0.15, -0.1) is 0 Å². The van der Waals surface area contributed by atoms with E-state index in [1.807, 2.05) is 13.8 Å². The number of halogens is 1. The fraction of sp³-hybridized carbons (Fsp3) is 0.750. The molecule has 0 amide bonds. The highest BCUT2D eigenvalue weighted by Crippen LogP contribution is 2.24. The van der Waals surface area contributed by atoms with Crippen LogP contribution in [0, 0.1) is 13.8 Å². The average molecular weight is 352 g/mol. The van der Waals surface area contributed by atoms with Gasteiger partial charge in [-0.25, -0.2) is 8.42 Å². The van der Waals surface area contributed by atoms with Gasteiger partial charge in [0.2, 0.25) is 10.0 Å². The molecular weight excluding hydrogens is 330 g/mol. The number of aromatic nitrogens is 2. The molecule has 19 heavy (non-hydrogen) atoms. The normalized spacial score (nSPS) is 12.6. The maximum atomic E-state index is 12.8. The third kappa shape index (κ3) is 3.38. The zero-order valence-electron chi connectivity index (χ0n) is 12.1. The Balaban J connectivity index is 3.27. The first-order valence-electron chi connectivity index (χ1n) is 6.31. The van der Waals surface area contributed by atoms with Crippen molar-refractivity contribution >= 4 is 26.0 Å². The molecule has 5 nitrogen and oxygen atoms in total. The third-order valence-electron chi connectivity index (χ3n) is 3.10. The van der Waals surface area contributed by atoms with E-state index >= 15 is 0 Å². The molecule has 110 valence electrons.